The van der Waals surface area contributed by atoms with E-state index < -0.39 is 0 Å². The lowest BCUT2D eigenvalue weighted by Crippen LogP contribution is -1.96. The molecular weight excluding hydrogens is 1820 g/mol. The monoisotopic (exact) mass is 1910 g/mol. The third kappa shape index (κ3) is 19.0. The van der Waals surface area contributed by atoms with Crippen LogP contribution in [-0.4, -0.2) is 44.9 Å². The van der Waals surface area contributed by atoms with Gasteiger partial charge in [-0.2, -0.15) is 0 Å². The first-order valence-corrected chi connectivity index (χ1v) is 50.6. The number of aromatic nitrogens is 9. The van der Waals surface area contributed by atoms with Crippen LogP contribution < -0.4 is 0 Å². The molecule has 0 aliphatic rings. The van der Waals surface area contributed by atoms with E-state index in [0.29, 0.717) is 17.5 Å². The maximum Gasteiger partial charge on any atom is 0.160 e. The van der Waals surface area contributed by atoms with Crippen LogP contribution in [0, 0.1) is 0 Å². The van der Waals surface area contributed by atoms with Crippen molar-refractivity contribution in [3.63, 3.8) is 0 Å². The Morgan fingerprint density at radius 3 is 0.700 bits per heavy atom. The Morgan fingerprint density at radius 1 is 0.127 bits per heavy atom. The molecular formula is C141H93N9. The predicted octanol–water partition coefficient (Wildman–Crippen LogP) is 36.5. The van der Waals surface area contributed by atoms with Crippen LogP contribution in [0.3, 0.4) is 0 Å². The number of fused-ring (bicyclic) bond motifs is 6. The predicted molar refractivity (Wildman–Crippen MR) is 622 cm³/mol. The summed E-state index contributed by atoms with van der Waals surface area (Å²) in [6.07, 6.45) is 5.79. The summed E-state index contributed by atoms with van der Waals surface area (Å²) in [7, 11) is 0. The molecule has 0 amide bonds. The van der Waals surface area contributed by atoms with Crippen molar-refractivity contribution < 1.29 is 0 Å². The summed E-state index contributed by atoms with van der Waals surface area (Å²) in [5.41, 5.74) is 38.7. The third-order valence-corrected chi connectivity index (χ3v) is 28.1. The minimum Gasteiger partial charge on any atom is -0.256 e. The highest BCUT2D eigenvalue weighted by Gasteiger charge is 2.22. The summed E-state index contributed by atoms with van der Waals surface area (Å²) in [5.74, 6) is 2.12. The fourth-order valence-electron chi connectivity index (χ4n) is 20.4. The number of para-hydroxylation sites is 3. The van der Waals surface area contributed by atoms with E-state index in [1.54, 1.807) is 0 Å². The Balaban J connectivity index is 0.000000116. The average Bonchev–Trinajstić information content (AvgIpc) is 0.768. The van der Waals surface area contributed by atoms with Crippen molar-refractivity contribution in [2.45, 2.75) is 0 Å². The Kier molecular flexibility index (Phi) is 25.1. The molecule has 150 heavy (non-hydrogen) atoms. The van der Waals surface area contributed by atoms with E-state index in [9.17, 15) is 0 Å². The Morgan fingerprint density at radius 2 is 0.367 bits per heavy atom. The molecule has 27 rings (SSSR count). The van der Waals surface area contributed by atoms with E-state index in [4.69, 9.17) is 44.9 Å². The molecule has 0 unspecified atom stereocenters. The van der Waals surface area contributed by atoms with E-state index in [1.165, 1.54) is 82.4 Å². The van der Waals surface area contributed by atoms with Crippen molar-refractivity contribution in [3.05, 3.63) is 565 Å². The number of hydrogen-bond acceptors (Lipinski definition) is 9. The van der Waals surface area contributed by atoms with Gasteiger partial charge in [-0.15, -0.1) is 0 Å². The van der Waals surface area contributed by atoms with Crippen LogP contribution in [-0.2, 0) is 0 Å². The van der Waals surface area contributed by atoms with Gasteiger partial charge in [-0.3, -0.25) is 15.0 Å². The van der Waals surface area contributed by atoms with Gasteiger partial charge in [-0.25, -0.2) is 29.9 Å². The standard InChI is InChI=1S/3C47H31N3/c1-3-12-35(13-4-1)44-30-45(50-47(49-44)38-14-5-2-6-15-38)36-23-21-34(22-24-36)42-28-27-33-11-7-9-17-41(33)46(42)37-25-19-32(20-26-37)40-29-39-16-8-10-18-43(39)48-31-40;1-3-12-35(13-4-1)44-30-45(36-14-5-2-6-15-36)50-47(49-44)38-25-21-34(22-26-38)42-28-27-33-11-7-9-17-41(33)46(42)37-23-19-32(20-24-37)40-29-39-16-8-10-18-43(39)48-31-40;1-3-12-35(13-4-1)43-31-44(36-14-5-2-6-15-36)50-47(49-43)39-26-22-33(23-27-39)41-29-28-32-11-7-8-18-40(32)45(41)37-24-20-34(21-25-37)42-19-9-16-38-17-10-30-48-46(38)42/h3*1-31H. The highest BCUT2D eigenvalue weighted by Crippen LogP contribution is 2.46. The molecule has 21 aromatic carbocycles. The summed E-state index contributed by atoms with van der Waals surface area (Å²) >= 11 is 0. The average molecular weight is 1910 g/mol. The Hall–Kier alpha value is -20.1. The number of nitrogens with zero attached hydrogens (tertiary/aromatic N) is 9. The van der Waals surface area contributed by atoms with Gasteiger partial charge in [0.2, 0.25) is 0 Å². The van der Waals surface area contributed by atoms with Gasteiger partial charge in [0, 0.05) is 102 Å². The summed E-state index contributed by atoms with van der Waals surface area (Å²) < 4.78 is 0. The minimum atomic E-state index is 0.703. The largest absolute Gasteiger partial charge is 0.256 e. The van der Waals surface area contributed by atoms with Gasteiger partial charge in [-0.05, 0) is 164 Å². The van der Waals surface area contributed by atoms with Crippen molar-refractivity contribution in [2.75, 3.05) is 0 Å². The first-order chi connectivity index (χ1) is 74.3. The van der Waals surface area contributed by atoms with Gasteiger partial charge in [0.1, 0.15) is 0 Å². The van der Waals surface area contributed by atoms with E-state index in [-0.39, 0.29) is 0 Å². The second-order valence-corrected chi connectivity index (χ2v) is 37.4. The molecule has 0 fully saturated rings. The molecule has 6 aromatic heterocycles. The molecule has 27 aromatic rings. The van der Waals surface area contributed by atoms with E-state index in [0.717, 1.165) is 167 Å². The van der Waals surface area contributed by atoms with Crippen molar-refractivity contribution in [2.24, 2.45) is 0 Å². The lowest BCUT2D eigenvalue weighted by molar-refractivity contribution is 1.18. The third-order valence-electron chi connectivity index (χ3n) is 28.1. The zero-order valence-corrected chi connectivity index (χ0v) is 81.7. The molecule has 702 valence electrons. The van der Waals surface area contributed by atoms with Gasteiger partial charge in [0.25, 0.3) is 0 Å². The van der Waals surface area contributed by atoms with Gasteiger partial charge in [0.05, 0.1) is 50.7 Å². The maximum atomic E-state index is 5.04. The summed E-state index contributed by atoms with van der Waals surface area (Å²) in [6, 6.07) is 191. The topological polar surface area (TPSA) is 116 Å². The SMILES string of the molecule is c1ccc(-c2cc(-c3ccc(-c4ccc5ccccc5c4-c4ccc(-c5cnc6ccccc6c5)cc4)cc3)nc(-c3ccccc3)n2)cc1.c1ccc(-c2cc(-c3ccccc3)nc(-c3ccc(-c4ccc5ccccc5c4-c4ccc(-c5cccc6cccnc56)cc4)cc3)n2)cc1.c1ccc(-c2cc(-c3ccccc3)nc(-c3ccc(-c4ccc5ccccc5c4-c4ccc(-c5cnc6ccccc6c5)cc4)cc3)n2)cc1. The minimum absolute atomic E-state index is 0.703. The van der Waals surface area contributed by atoms with E-state index in [1.807, 2.05) is 158 Å². The van der Waals surface area contributed by atoms with Crippen LogP contribution in [0.1, 0.15) is 0 Å². The highest BCUT2D eigenvalue weighted by molar-refractivity contribution is 6.08. The number of rotatable bonds is 18. The molecule has 0 N–H and O–H groups in total. The fourth-order valence-corrected chi connectivity index (χ4v) is 20.4. The van der Waals surface area contributed by atoms with Crippen molar-refractivity contribution >= 4 is 65.0 Å². The van der Waals surface area contributed by atoms with Gasteiger partial charge in [0.15, 0.2) is 17.5 Å². The molecule has 6 heterocycles. The highest BCUT2D eigenvalue weighted by atomic mass is 14.9. The van der Waals surface area contributed by atoms with Crippen molar-refractivity contribution in [1.82, 2.24) is 44.9 Å². The smallest absolute Gasteiger partial charge is 0.160 e. The molecule has 9 nitrogen and oxygen atoms in total. The molecule has 0 saturated carbocycles. The number of pyridine rings is 3. The second-order valence-electron chi connectivity index (χ2n) is 37.4. The van der Waals surface area contributed by atoms with Crippen molar-refractivity contribution in [3.8, 4) is 202 Å². The fraction of sp³-hybridized carbons (Fsp3) is 0. The second kappa shape index (κ2) is 41.3. The zero-order valence-electron chi connectivity index (χ0n) is 81.7. The molecule has 0 aliphatic heterocycles. The quantitative estimate of drug-likeness (QED) is 0.0828. The Labute approximate surface area is 870 Å². The van der Waals surface area contributed by atoms with Crippen molar-refractivity contribution in [1.29, 1.82) is 0 Å². The van der Waals surface area contributed by atoms with E-state index in [2.05, 4.69) is 406 Å². The summed E-state index contributed by atoms with van der Waals surface area (Å²) in [4.78, 5) is 44.3. The first kappa shape index (κ1) is 91.1. The van der Waals surface area contributed by atoms with Gasteiger partial charge in [-0.1, -0.05) is 497 Å². The molecule has 0 radical (unpaired) electrons. The molecule has 9 heteroatoms. The molecule has 0 bridgehead atoms. The zero-order chi connectivity index (χ0) is 99.8. The number of benzene rings is 21. The summed E-state index contributed by atoms with van der Waals surface area (Å²) in [5, 5.41) is 10.7. The normalized spacial score (nSPS) is 11.2. The summed E-state index contributed by atoms with van der Waals surface area (Å²) in [6.45, 7) is 0. The number of hydrogen-bond donors (Lipinski definition) is 0. The van der Waals surface area contributed by atoms with E-state index >= 15 is 0 Å². The molecule has 0 aliphatic carbocycles. The van der Waals surface area contributed by atoms with Crippen LogP contribution in [0.5, 0.6) is 0 Å². The van der Waals surface area contributed by atoms with Crippen LogP contribution in [0.15, 0.2) is 565 Å². The molecule has 0 atom stereocenters. The lowest BCUT2D eigenvalue weighted by Gasteiger charge is -2.15. The maximum absolute atomic E-state index is 5.04. The van der Waals surface area contributed by atoms with Crippen LogP contribution in [0.4, 0.5) is 0 Å². The van der Waals surface area contributed by atoms with Gasteiger partial charge < -0.3 is 0 Å². The molecule has 0 spiro atoms. The first-order valence-electron chi connectivity index (χ1n) is 50.6. The Bertz CT molecular complexity index is 9040. The lowest BCUT2D eigenvalue weighted by atomic mass is 9.88. The van der Waals surface area contributed by atoms with Crippen LogP contribution >= 0.6 is 0 Å². The molecule has 0 saturated heterocycles. The van der Waals surface area contributed by atoms with Gasteiger partial charge >= 0.3 is 0 Å². The van der Waals surface area contributed by atoms with Crippen LogP contribution in [0.25, 0.3) is 267 Å². The van der Waals surface area contributed by atoms with Crippen LogP contribution in [0.2, 0.25) is 0 Å².